The van der Waals surface area contributed by atoms with E-state index in [4.69, 9.17) is 4.74 Å². The number of nitrogens with zero attached hydrogens (tertiary/aromatic N) is 1. The third kappa shape index (κ3) is 9.18. The number of nitrogens with one attached hydrogen (secondary N) is 2. The molecule has 1 aliphatic carbocycles. The summed E-state index contributed by atoms with van der Waals surface area (Å²) < 4.78 is 5.61. The first-order valence-electron chi connectivity index (χ1n) is 8.24. The van der Waals surface area contributed by atoms with Crippen molar-refractivity contribution in [3.8, 4) is 0 Å². The van der Waals surface area contributed by atoms with Crippen molar-refractivity contribution >= 4 is 5.96 Å². The zero-order valence-electron chi connectivity index (χ0n) is 13.7. The van der Waals surface area contributed by atoms with Crippen LogP contribution in [0.3, 0.4) is 0 Å². The highest BCUT2D eigenvalue weighted by atomic mass is 16.5. The van der Waals surface area contributed by atoms with E-state index in [1.54, 1.807) is 0 Å². The highest BCUT2D eigenvalue weighted by Crippen LogP contribution is 2.28. The molecule has 2 N–H and O–H groups in total. The van der Waals surface area contributed by atoms with Crippen molar-refractivity contribution in [2.45, 2.75) is 59.4 Å². The predicted molar refractivity (Wildman–Crippen MR) is 86.2 cm³/mol. The molecular weight excluding hydrogens is 250 g/mol. The molecule has 1 unspecified atom stereocenters. The van der Waals surface area contributed by atoms with Gasteiger partial charge in [-0.25, -0.2) is 0 Å². The summed E-state index contributed by atoms with van der Waals surface area (Å²) >= 11 is 0. The van der Waals surface area contributed by atoms with Crippen LogP contribution < -0.4 is 10.6 Å². The number of rotatable bonds is 10. The Morgan fingerprint density at radius 3 is 2.60 bits per heavy atom. The minimum atomic E-state index is 0.461. The lowest BCUT2D eigenvalue weighted by atomic mass is 10.0. The molecule has 0 aromatic carbocycles. The highest BCUT2D eigenvalue weighted by molar-refractivity contribution is 5.80. The summed E-state index contributed by atoms with van der Waals surface area (Å²) in [5.74, 6) is 2.51. The molecule has 0 bridgehead atoms. The number of hydrogen-bond acceptors (Lipinski definition) is 2. The van der Waals surface area contributed by atoms with Crippen LogP contribution in [0.4, 0.5) is 0 Å². The molecule has 118 valence electrons. The highest BCUT2D eigenvalue weighted by Gasteiger charge is 2.20. The van der Waals surface area contributed by atoms with Crippen LogP contribution in [0.1, 0.15) is 53.4 Å². The normalized spacial score (nSPS) is 17.4. The van der Waals surface area contributed by atoms with E-state index < -0.39 is 0 Å². The van der Waals surface area contributed by atoms with E-state index in [0.29, 0.717) is 6.04 Å². The van der Waals surface area contributed by atoms with Gasteiger partial charge in [0.15, 0.2) is 5.96 Å². The summed E-state index contributed by atoms with van der Waals surface area (Å²) in [5.41, 5.74) is 0. The van der Waals surface area contributed by atoms with Crippen molar-refractivity contribution in [1.82, 2.24) is 10.6 Å². The van der Waals surface area contributed by atoms with Gasteiger partial charge in [0.2, 0.25) is 0 Å². The topological polar surface area (TPSA) is 45.7 Å². The van der Waals surface area contributed by atoms with Crippen LogP contribution in [-0.2, 0) is 4.74 Å². The van der Waals surface area contributed by atoms with Gasteiger partial charge in [-0.1, -0.05) is 13.8 Å². The van der Waals surface area contributed by atoms with Crippen LogP contribution in [-0.4, -0.2) is 38.3 Å². The van der Waals surface area contributed by atoms with Crippen LogP contribution in [0.5, 0.6) is 0 Å². The Morgan fingerprint density at radius 2 is 2.00 bits per heavy atom. The number of aliphatic imine (C=N–C) groups is 1. The van der Waals surface area contributed by atoms with Gasteiger partial charge >= 0.3 is 0 Å². The number of guanidine groups is 1. The fourth-order valence-corrected chi connectivity index (χ4v) is 1.97. The lowest BCUT2D eigenvalue weighted by Gasteiger charge is -2.18. The summed E-state index contributed by atoms with van der Waals surface area (Å²) in [6.45, 7) is 12.1. The Hall–Kier alpha value is -0.770. The summed E-state index contributed by atoms with van der Waals surface area (Å²) in [5, 5.41) is 6.77. The molecule has 0 aromatic heterocycles. The summed E-state index contributed by atoms with van der Waals surface area (Å²) in [6, 6.07) is 0.461. The molecule has 0 aliphatic heterocycles. The number of hydrogen-bond donors (Lipinski definition) is 2. The van der Waals surface area contributed by atoms with Crippen molar-refractivity contribution < 1.29 is 4.74 Å². The monoisotopic (exact) mass is 283 g/mol. The van der Waals surface area contributed by atoms with Gasteiger partial charge in [0.05, 0.1) is 13.2 Å². The molecule has 4 heteroatoms. The van der Waals surface area contributed by atoms with Gasteiger partial charge in [-0.3, -0.25) is 4.99 Å². The second kappa shape index (κ2) is 10.0. The molecule has 0 radical (unpaired) electrons. The average molecular weight is 283 g/mol. The third-order valence-electron chi connectivity index (χ3n) is 3.46. The molecule has 1 rings (SSSR count). The predicted octanol–water partition coefficient (Wildman–Crippen LogP) is 2.79. The average Bonchev–Trinajstić information content (AvgIpc) is 3.20. The third-order valence-corrected chi connectivity index (χ3v) is 3.46. The van der Waals surface area contributed by atoms with Crippen molar-refractivity contribution in [2.75, 3.05) is 26.3 Å². The van der Waals surface area contributed by atoms with Crippen LogP contribution >= 0.6 is 0 Å². The SMILES string of the molecule is CCNC(=NCCOCC1CC1)NC(C)CCC(C)C. The molecule has 1 aliphatic rings. The maximum absolute atomic E-state index is 5.61. The van der Waals surface area contributed by atoms with Crippen molar-refractivity contribution in [2.24, 2.45) is 16.8 Å². The van der Waals surface area contributed by atoms with E-state index in [2.05, 4.69) is 43.3 Å². The second-order valence-corrected chi connectivity index (χ2v) is 6.30. The van der Waals surface area contributed by atoms with Gasteiger partial charge in [-0.05, 0) is 51.4 Å². The van der Waals surface area contributed by atoms with Crippen LogP contribution in [0.2, 0.25) is 0 Å². The van der Waals surface area contributed by atoms with Crippen LogP contribution in [0, 0.1) is 11.8 Å². The van der Waals surface area contributed by atoms with E-state index >= 15 is 0 Å². The van der Waals surface area contributed by atoms with E-state index in [-0.39, 0.29) is 0 Å². The van der Waals surface area contributed by atoms with Gasteiger partial charge in [0.25, 0.3) is 0 Å². The van der Waals surface area contributed by atoms with Gasteiger partial charge in [0.1, 0.15) is 0 Å². The van der Waals surface area contributed by atoms with Gasteiger partial charge in [-0.15, -0.1) is 0 Å². The zero-order valence-corrected chi connectivity index (χ0v) is 13.7. The zero-order chi connectivity index (χ0) is 14.8. The van der Waals surface area contributed by atoms with E-state index in [1.807, 2.05) is 0 Å². The summed E-state index contributed by atoms with van der Waals surface area (Å²) in [6.07, 6.45) is 5.12. The molecular formula is C16H33N3O. The molecule has 0 heterocycles. The molecule has 1 atom stereocenters. The molecule has 0 spiro atoms. The van der Waals surface area contributed by atoms with Gasteiger partial charge in [-0.2, -0.15) is 0 Å². The first kappa shape index (κ1) is 17.3. The fourth-order valence-electron chi connectivity index (χ4n) is 1.97. The molecule has 1 saturated carbocycles. The lowest BCUT2D eigenvalue weighted by molar-refractivity contribution is 0.131. The molecule has 0 amide bonds. The molecule has 1 fully saturated rings. The van der Waals surface area contributed by atoms with Crippen molar-refractivity contribution in [1.29, 1.82) is 0 Å². The quantitative estimate of drug-likeness (QED) is 0.368. The molecule has 4 nitrogen and oxygen atoms in total. The summed E-state index contributed by atoms with van der Waals surface area (Å²) in [7, 11) is 0. The molecule has 20 heavy (non-hydrogen) atoms. The van der Waals surface area contributed by atoms with E-state index in [1.165, 1.54) is 25.7 Å². The lowest BCUT2D eigenvalue weighted by Crippen LogP contribution is -2.42. The van der Waals surface area contributed by atoms with Gasteiger partial charge < -0.3 is 15.4 Å². The van der Waals surface area contributed by atoms with Crippen molar-refractivity contribution in [3.63, 3.8) is 0 Å². The van der Waals surface area contributed by atoms with Crippen molar-refractivity contribution in [3.05, 3.63) is 0 Å². The molecule has 0 aromatic rings. The van der Waals surface area contributed by atoms with Gasteiger partial charge in [0, 0.05) is 19.2 Å². The van der Waals surface area contributed by atoms with E-state index in [0.717, 1.165) is 44.1 Å². The Balaban J connectivity index is 2.18. The maximum atomic E-state index is 5.61. The Labute approximate surface area is 124 Å². The molecule has 0 saturated heterocycles. The Kier molecular flexibility index (Phi) is 8.67. The Bertz CT molecular complexity index is 275. The minimum absolute atomic E-state index is 0.461. The first-order chi connectivity index (χ1) is 9.61. The van der Waals surface area contributed by atoms with Crippen LogP contribution in [0.15, 0.2) is 4.99 Å². The van der Waals surface area contributed by atoms with Crippen LogP contribution in [0.25, 0.3) is 0 Å². The summed E-state index contributed by atoms with van der Waals surface area (Å²) in [4.78, 5) is 4.57. The standard InChI is InChI=1S/C16H33N3O/c1-5-17-16(19-14(4)7-6-13(2)3)18-10-11-20-12-15-8-9-15/h13-15H,5-12H2,1-4H3,(H2,17,18,19). The van der Waals surface area contributed by atoms with E-state index in [9.17, 15) is 0 Å². The maximum Gasteiger partial charge on any atom is 0.191 e. The second-order valence-electron chi connectivity index (χ2n) is 6.30. The fraction of sp³-hybridized carbons (Fsp3) is 0.938. The largest absolute Gasteiger partial charge is 0.379 e. The minimum Gasteiger partial charge on any atom is -0.379 e. The smallest absolute Gasteiger partial charge is 0.191 e. The Morgan fingerprint density at radius 1 is 1.25 bits per heavy atom. The first-order valence-corrected chi connectivity index (χ1v) is 8.24. The number of ether oxygens (including phenoxy) is 1.